The van der Waals surface area contributed by atoms with Gasteiger partial charge in [-0.1, -0.05) is 36.4 Å². The average molecular weight is 462 g/mol. The Morgan fingerprint density at radius 1 is 0.971 bits per heavy atom. The number of esters is 1. The van der Waals surface area contributed by atoms with Crippen molar-refractivity contribution < 1.29 is 23.8 Å². The molecule has 4 rings (SSSR count). The van der Waals surface area contributed by atoms with Gasteiger partial charge in [0.1, 0.15) is 5.92 Å². The van der Waals surface area contributed by atoms with E-state index in [2.05, 4.69) is 12.1 Å². The van der Waals surface area contributed by atoms with Crippen LogP contribution in [0.15, 0.2) is 64.8 Å². The molecule has 0 bridgehead atoms. The molecule has 0 saturated carbocycles. The number of aliphatic imine (C=N–C) groups is 1. The van der Waals surface area contributed by atoms with Crippen LogP contribution in [0.25, 0.3) is 0 Å². The van der Waals surface area contributed by atoms with Crippen LogP contribution in [0.3, 0.4) is 0 Å². The van der Waals surface area contributed by atoms with Gasteiger partial charge in [-0.2, -0.15) is 0 Å². The van der Waals surface area contributed by atoms with E-state index in [4.69, 9.17) is 19.2 Å². The minimum atomic E-state index is -0.684. The van der Waals surface area contributed by atoms with Gasteiger partial charge in [-0.3, -0.25) is 14.6 Å². The topological polar surface area (TPSA) is 74.2 Å². The van der Waals surface area contributed by atoms with E-state index in [0.29, 0.717) is 35.6 Å². The highest BCUT2D eigenvalue weighted by Crippen LogP contribution is 2.48. The number of nitrogens with zero attached hydrogens (tertiary/aromatic N) is 1. The predicted molar refractivity (Wildman–Crippen MR) is 131 cm³/mol. The number of allylic oxidation sites excluding steroid dienone is 2. The van der Waals surface area contributed by atoms with E-state index in [1.165, 1.54) is 0 Å². The summed E-state index contributed by atoms with van der Waals surface area (Å²) in [5, 5.41) is 0. The molecule has 1 aliphatic heterocycles. The molecular formula is C28H31NO5. The quantitative estimate of drug-likeness (QED) is 0.551. The fraction of sp³-hybridized carbons (Fsp3) is 0.393. The number of ketones is 1. The summed E-state index contributed by atoms with van der Waals surface area (Å²) < 4.78 is 16.5. The molecule has 0 spiro atoms. The van der Waals surface area contributed by atoms with Crippen molar-refractivity contribution >= 4 is 17.5 Å². The van der Waals surface area contributed by atoms with Gasteiger partial charge in [0, 0.05) is 29.3 Å². The van der Waals surface area contributed by atoms with Gasteiger partial charge in [0.2, 0.25) is 0 Å². The predicted octanol–water partition coefficient (Wildman–Crippen LogP) is 5.23. The summed E-state index contributed by atoms with van der Waals surface area (Å²) in [7, 11) is 3.15. The first kappa shape index (κ1) is 23.7. The van der Waals surface area contributed by atoms with Gasteiger partial charge in [-0.15, -0.1) is 0 Å². The molecule has 2 aliphatic rings. The Kier molecular flexibility index (Phi) is 6.87. The van der Waals surface area contributed by atoms with Gasteiger partial charge >= 0.3 is 5.97 Å². The Hall–Kier alpha value is -3.41. The van der Waals surface area contributed by atoms with Crippen molar-refractivity contribution in [3.63, 3.8) is 0 Å². The van der Waals surface area contributed by atoms with Crippen molar-refractivity contribution in [2.24, 2.45) is 10.9 Å². The number of carbonyl (C=O) groups is 2. The summed E-state index contributed by atoms with van der Waals surface area (Å²) in [5.74, 6) is -0.340. The van der Waals surface area contributed by atoms with Crippen LogP contribution in [0.4, 0.5) is 0 Å². The Labute approximate surface area is 200 Å². The van der Waals surface area contributed by atoms with Crippen LogP contribution in [-0.2, 0) is 14.3 Å². The number of benzene rings is 2. The van der Waals surface area contributed by atoms with E-state index in [9.17, 15) is 9.59 Å². The van der Waals surface area contributed by atoms with Crippen LogP contribution < -0.4 is 9.47 Å². The first-order valence-corrected chi connectivity index (χ1v) is 11.6. The third-order valence-corrected chi connectivity index (χ3v) is 6.53. The molecule has 3 atom stereocenters. The molecule has 1 aliphatic carbocycles. The molecule has 0 radical (unpaired) electrons. The SMILES string of the molecule is COc1ccc([C@@H]2C3=C(C[C@@H](c4ccccc4)CC3=O)N=C(C)C2C(=O)OC(C)C)cc1OC. The van der Waals surface area contributed by atoms with Crippen LogP contribution >= 0.6 is 0 Å². The Bertz CT molecular complexity index is 1150. The van der Waals surface area contributed by atoms with Crippen molar-refractivity contribution in [2.75, 3.05) is 14.2 Å². The van der Waals surface area contributed by atoms with Gasteiger partial charge in [0.25, 0.3) is 0 Å². The second-order valence-corrected chi connectivity index (χ2v) is 9.11. The normalized spacial score (nSPS) is 22.2. The van der Waals surface area contributed by atoms with Crippen LogP contribution in [-0.4, -0.2) is 37.8 Å². The number of ether oxygens (including phenoxy) is 3. The summed E-state index contributed by atoms with van der Waals surface area (Å²) in [6.07, 6.45) is 0.761. The van der Waals surface area contributed by atoms with Crippen LogP contribution in [0, 0.1) is 5.92 Å². The van der Waals surface area contributed by atoms with Crippen molar-refractivity contribution in [1.29, 1.82) is 0 Å². The molecule has 6 nitrogen and oxygen atoms in total. The zero-order chi connectivity index (χ0) is 24.4. The van der Waals surface area contributed by atoms with Crippen LogP contribution in [0.1, 0.15) is 56.6 Å². The molecule has 0 aromatic heterocycles. The summed E-state index contributed by atoms with van der Waals surface area (Å²) in [6.45, 7) is 5.49. The lowest BCUT2D eigenvalue weighted by Crippen LogP contribution is -2.38. The Morgan fingerprint density at radius 2 is 1.68 bits per heavy atom. The Morgan fingerprint density at radius 3 is 2.32 bits per heavy atom. The molecule has 0 amide bonds. The number of rotatable bonds is 6. The maximum Gasteiger partial charge on any atom is 0.315 e. The highest BCUT2D eigenvalue weighted by atomic mass is 16.5. The summed E-state index contributed by atoms with van der Waals surface area (Å²) >= 11 is 0. The molecule has 0 N–H and O–H groups in total. The molecule has 0 saturated heterocycles. The van der Waals surface area contributed by atoms with Crippen molar-refractivity contribution in [2.45, 2.75) is 51.6 Å². The molecule has 6 heteroatoms. The largest absolute Gasteiger partial charge is 0.493 e. The average Bonchev–Trinajstić information content (AvgIpc) is 2.82. The van der Waals surface area contributed by atoms with E-state index >= 15 is 0 Å². The molecule has 2 aromatic rings. The minimum absolute atomic E-state index is 0.0217. The standard InChI is InChI=1S/C28H31NO5/c1-16(2)34-28(31)25-17(3)29-21-13-20(18-9-7-6-8-10-18)14-22(30)27(21)26(25)19-11-12-23(32-4)24(15-19)33-5/h6-12,15-16,20,25-26H,13-14H2,1-5H3/t20-,25?,26+/m1/s1. The third kappa shape index (κ3) is 4.49. The van der Waals surface area contributed by atoms with Crippen molar-refractivity contribution in [3.8, 4) is 11.5 Å². The fourth-order valence-electron chi connectivity index (χ4n) is 5.04. The zero-order valence-corrected chi connectivity index (χ0v) is 20.3. The van der Waals surface area contributed by atoms with Crippen LogP contribution in [0.2, 0.25) is 0 Å². The van der Waals surface area contributed by atoms with E-state index in [1.54, 1.807) is 20.3 Å². The van der Waals surface area contributed by atoms with E-state index < -0.39 is 11.8 Å². The minimum Gasteiger partial charge on any atom is -0.493 e. The number of carbonyl (C=O) groups excluding carboxylic acids is 2. The van der Waals surface area contributed by atoms with Crippen molar-refractivity contribution in [3.05, 3.63) is 70.9 Å². The fourth-order valence-corrected chi connectivity index (χ4v) is 5.04. The van der Waals surface area contributed by atoms with Gasteiger partial charge < -0.3 is 14.2 Å². The number of Topliss-reactive ketones (excluding diaryl/α,β-unsaturated/α-hetero) is 1. The van der Waals surface area contributed by atoms with E-state index in [0.717, 1.165) is 16.8 Å². The first-order chi connectivity index (χ1) is 16.3. The Balaban J connectivity index is 1.83. The highest BCUT2D eigenvalue weighted by Gasteiger charge is 2.45. The maximum absolute atomic E-state index is 13.6. The lowest BCUT2D eigenvalue weighted by Gasteiger charge is -2.37. The van der Waals surface area contributed by atoms with E-state index in [1.807, 2.05) is 51.1 Å². The zero-order valence-electron chi connectivity index (χ0n) is 20.3. The lowest BCUT2D eigenvalue weighted by molar-refractivity contribution is -0.150. The lowest BCUT2D eigenvalue weighted by atomic mass is 9.69. The molecule has 2 aromatic carbocycles. The van der Waals surface area contributed by atoms with Gasteiger partial charge in [0.05, 0.1) is 20.3 Å². The molecule has 34 heavy (non-hydrogen) atoms. The summed E-state index contributed by atoms with van der Waals surface area (Å²) in [6, 6.07) is 15.6. The molecule has 1 unspecified atom stereocenters. The van der Waals surface area contributed by atoms with Crippen molar-refractivity contribution in [1.82, 2.24) is 0 Å². The summed E-state index contributed by atoms with van der Waals surface area (Å²) in [4.78, 5) is 31.7. The van der Waals surface area contributed by atoms with Gasteiger partial charge in [-0.25, -0.2) is 0 Å². The molecular weight excluding hydrogens is 430 g/mol. The maximum atomic E-state index is 13.6. The second-order valence-electron chi connectivity index (χ2n) is 9.11. The third-order valence-electron chi connectivity index (χ3n) is 6.53. The molecule has 1 heterocycles. The molecule has 178 valence electrons. The van der Waals surface area contributed by atoms with Crippen LogP contribution in [0.5, 0.6) is 11.5 Å². The van der Waals surface area contributed by atoms with Gasteiger partial charge in [-0.05, 0) is 56.4 Å². The number of methoxy groups -OCH3 is 2. The smallest absolute Gasteiger partial charge is 0.315 e. The number of hydrogen-bond donors (Lipinski definition) is 0. The highest BCUT2D eigenvalue weighted by molar-refractivity contribution is 6.09. The summed E-state index contributed by atoms with van der Waals surface area (Å²) in [5.41, 5.74) is 3.95. The van der Waals surface area contributed by atoms with E-state index in [-0.39, 0.29) is 23.8 Å². The monoisotopic (exact) mass is 461 g/mol. The van der Waals surface area contributed by atoms with Gasteiger partial charge in [0.15, 0.2) is 17.3 Å². The number of hydrogen-bond acceptors (Lipinski definition) is 6. The molecule has 0 fully saturated rings. The second kappa shape index (κ2) is 9.84. The first-order valence-electron chi connectivity index (χ1n) is 11.6.